The van der Waals surface area contributed by atoms with E-state index in [1.165, 1.54) is 14.8 Å². The van der Waals surface area contributed by atoms with E-state index < -0.39 is 0 Å². The fourth-order valence-corrected chi connectivity index (χ4v) is 4.03. The lowest BCUT2D eigenvalue weighted by Gasteiger charge is -2.17. The Hall–Kier alpha value is -0.910. The second kappa shape index (κ2) is 7.20. The summed E-state index contributed by atoms with van der Waals surface area (Å²) >= 11 is 3.55. The van der Waals surface area contributed by atoms with Crippen molar-refractivity contribution >= 4 is 22.7 Å². The lowest BCUT2D eigenvalue weighted by Crippen LogP contribution is -2.23. The highest BCUT2D eigenvalue weighted by atomic mass is 32.1. The maximum atomic E-state index is 5.47. The van der Waals surface area contributed by atoms with Crippen LogP contribution >= 0.6 is 22.7 Å². The summed E-state index contributed by atoms with van der Waals surface area (Å²) in [5.74, 6) is 0.980. The minimum absolute atomic E-state index is 0.287. The molecular weight excluding hydrogens is 288 g/mol. The zero-order valence-corrected chi connectivity index (χ0v) is 14.2. The van der Waals surface area contributed by atoms with E-state index in [2.05, 4.69) is 36.5 Å². The van der Waals surface area contributed by atoms with Gasteiger partial charge in [-0.3, -0.25) is 0 Å². The van der Waals surface area contributed by atoms with Gasteiger partial charge >= 0.3 is 0 Å². The van der Waals surface area contributed by atoms with Crippen LogP contribution in [0.2, 0.25) is 0 Å². The second-order valence-corrected chi connectivity index (χ2v) is 7.05. The lowest BCUT2D eigenvalue weighted by atomic mass is 10.1. The van der Waals surface area contributed by atoms with Crippen molar-refractivity contribution in [2.75, 3.05) is 13.7 Å². The molecule has 3 nitrogen and oxygen atoms in total. The SMILES string of the molecule is CCCNC(Cc1nc(C)c(C)s1)c1sccc1OC. The van der Waals surface area contributed by atoms with Gasteiger partial charge in [-0.1, -0.05) is 6.92 Å². The third kappa shape index (κ3) is 3.59. The molecule has 2 aromatic heterocycles. The number of thiophene rings is 1. The molecule has 0 aliphatic rings. The standard InChI is InChI=1S/C15H22N2OS2/c1-5-7-16-12(15-13(18-4)6-8-19-15)9-14-17-10(2)11(3)20-14/h6,8,12,16H,5,7,9H2,1-4H3. The van der Waals surface area contributed by atoms with Crippen molar-refractivity contribution in [1.29, 1.82) is 0 Å². The minimum Gasteiger partial charge on any atom is -0.496 e. The number of hydrogen-bond acceptors (Lipinski definition) is 5. The number of hydrogen-bond donors (Lipinski definition) is 1. The number of rotatable bonds is 7. The van der Waals surface area contributed by atoms with Crippen LogP contribution in [0.5, 0.6) is 5.75 Å². The fraction of sp³-hybridized carbons (Fsp3) is 0.533. The molecule has 0 amide bonds. The average molecular weight is 310 g/mol. The molecule has 0 fully saturated rings. The molecule has 2 aromatic rings. The molecule has 0 bridgehead atoms. The normalized spacial score (nSPS) is 12.6. The van der Waals surface area contributed by atoms with Crippen LogP contribution < -0.4 is 10.1 Å². The summed E-state index contributed by atoms with van der Waals surface area (Å²) in [7, 11) is 1.74. The zero-order chi connectivity index (χ0) is 14.5. The van der Waals surface area contributed by atoms with Gasteiger partial charge in [0.2, 0.25) is 0 Å². The molecule has 0 aliphatic heterocycles. The summed E-state index contributed by atoms with van der Waals surface area (Å²) in [5, 5.41) is 6.91. The smallest absolute Gasteiger partial charge is 0.134 e. The van der Waals surface area contributed by atoms with Crippen molar-refractivity contribution < 1.29 is 4.74 Å². The first-order valence-electron chi connectivity index (χ1n) is 6.93. The van der Waals surface area contributed by atoms with E-state index in [1.807, 2.05) is 6.07 Å². The largest absolute Gasteiger partial charge is 0.496 e. The quantitative estimate of drug-likeness (QED) is 0.835. The summed E-state index contributed by atoms with van der Waals surface area (Å²) in [5.41, 5.74) is 1.15. The van der Waals surface area contributed by atoms with Crippen LogP contribution in [0.15, 0.2) is 11.4 Å². The maximum Gasteiger partial charge on any atom is 0.134 e. The van der Waals surface area contributed by atoms with E-state index in [4.69, 9.17) is 4.74 Å². The molecule has 0 saturated heterocycles. The van der Waals surface area contributed by atoms with Crippen molar-refractivity contribution in [2.45, 2.75) is 39.7 Å². The molecule has 0 saturated carbocycles. The molecule has 2 rings (SSSR count). The van der Waals surface area contributed by atoms with Crippen LogP contribution in [0.1, 0.15) is 39.8 Å². The molecule has 20 heavy (non-hydrogen) atoms. The lowest BCUT2D eigenvalue weighted by molar-refractivity contribution is 0.402. The van der Waals surface area contributed by atoms with Crippen molar-refractivity contribution in [3.8, 4) is 5.75 Å². The Balaban J connectivity index is 2.19. The third-order valence-electron chi connectivity index (χ3n) is 3.29. The Morgan fingerprint density at radius 2 is 2.20 bits per heavy atom. The zero-order valence-electron chi connectivity index (χ0n) is 12.5. The Morgan fingerprint density at radius 3 is 2.80 bits per heavy atom. The van der Waals surface area contributed by atoms with Crippen LogP contribution in [0, 0.1) is 13.8 Å². The Kier molecular flexibility index (Phi) is 5.57. The molecule has 110 valence electrons. The fourth-order valence-electron chi connectivity index (χ4n) is 2.11. The number of methoxy groups -OCH3 is 1. The summed E-state index contributed by atoms with van der Waals surface area (Å²) in [6.07, 6.45) is 2.05. The first-order valence-corrected chi connectivity index (χ1v) is 8.63. The number of ether oxygens (including phenoxy) is 1. The predicted octanol–water partition coefficient (Wildman–Crippen LogP) is 4.11. The number of nitrogens with zero attached hydrogens (tertiary/aromatic N) is 1. The molecular formula is C15H22N2OS2. The highest BCUT2D eigenvalue weighted by Crippen LogP contribution is 2.33. The van der Waals surface area contributed by atoms with E-state index >= 15 is 0 Å². The first-order chi connectivity index (χ1) is 9.65. The number of nitrogens with one attached hydrogen (secondary N) is 1. The van der Waals surface area contributed by atoms with Gasteiger partial charge in [-0.15, -0.1) is 22.7 Å². The second-order valence-electron chi connectivity index (χ2n) is 4.81. The van der Waals surface area contributed by atoms with Crippen LogP contribution in [-0.4, -0.2) is 18.6 Å². The van der Waals surface area contributed by atoms with Crippen molar-refractivity contribution in [3.63, 3.8) is 0 Å². The van der Waals surface area contributed by atoms with E-state index in [1.54, 1.807) is 29.8 Å². The number of thiazole rings is 1. The van der Waals surface area contributed by atoms with E-state index in [9.17, 15) is 0 Å². The van der Waals surface area contributed by atoms with E-state index in [-0.39, 0.29) is 6.04 Å². The third-order valence-corrected chi connectivity index (χ3v) is 5.39. The average Bonchev–Trinajstić information content (AvgIpc) is 3.02. The van der Waals surface area contributed by atoms with Crippen molar-refractivity contribution in [1.82, 2.24) is 10.3 Å². The highest BCUT2D eigenvalue weighted by Gasteiger charge is 2.19. The number of aromatic nitrogens is 1. The van der Waals surface area contributed by atoms with Gasteiger partial charge in [-0.05, 0) is 38.3 Å². The van der Waals surface area contributed by atoms with E-state index in [0.29, 0.717) is 0 Å². The van der Waals surface area contributed by atoms with Gasteiger partial charge in [0.15, 0.2) is 0 Å². The van der Waals surface area contributed by atoms with Gasteiger partial charge in [0, 0.05) is 11.3 Å². The van der Waals surface area contributed by atoms with Crippen LogP contribution in [0.4, 0.5) is 0 Å². The van der Waals surface area contributed by atoms with Crippen molar-refractivity contribution in [2.24, 2.45) is 0 Å². The van der Waals surface area contributed by atoms with Gasteiger partial charge in [-0.2, -0.15) is 0 Å². The molecule has 0 aromatic carbocycles. The summed E-state index contributed by atoms with van der Waals surface area (Å²) in [4.78, 5) is 7.25. The molecule has 1 N–H and O–H groups in total. The molecule has 5 heteroatoms. The van der Waals surface area contributed by atoms with Crippen LogP contribution in [-0.2, 0) is 6.42 Å². The van der Waals surface area contributed by atoms with E-state index in [0.717, 1.165) is 30.8 Å². The summed E-state index contributed by atoms with van der Waals surface area (Å²) in [6, 6.07) is 2.33. The Bertz CT molecular complexity index is 528. The first kappa shape index (κ1) is 15.5. The minimum atomic E-state index is 0.287. The molecule has 1 atom stereocenters. The summed E-state index contributed by atoms with van der Waals surface area (Å²) in [6.45, 7) is 7.41. The van der Waals surface area contributed by atoms with Gasteiger partial charge in [0.25, 0.3) is 0 Å². The van der Waals surface area contributed by atoms with Gasteiger partial charge in [0.05, 0.1) is 28.7 Å². The molecule has 2 heterocycles. The topological polar surface area (TPSA) is 34.2 Å². The molecule has 0 spiro atoms. The van der Waals surface area contributed by atoms with Gasteiger partial charge in [-0.25, -0.2) is 4.98 Å². The van der Waals surface area contributed by atoms with Crippen LogP contribution in [0.3, 0.4) is 0 Å². The molecule has 0 radical (unpaired) electrons. The highest BCUT2D eigenvalue weighted by molar-refractivity contribution is 7.11. The maximum absolute atomic E-state index is 5.47. The summed E-state index contributed by atoms with van der Waals surface area (Å²) < 4.78 is 5.47. The Morgan fingerprint density at radius 1 is 1.40 bits per heavy atom. The number of aryl methyl sites for hydroxylation is 2. The van der Waals surface area contributed by atoms with Gasteiger partial charge < -0.3 is 10.1 Å². The van der Waals surface area contributed by atoms with Crippen molar-refractivity contribution in [3.05, 3.63) is 31.9 Å². The van der Waals surface area contributed by atoms with Crippen LogP contribution in [0.25, 0.3) is 0 Å². The Labute approximate surface area is 129 Å². The van der Waals surface area contributed by atoms with Gasteiger partial charge in [0.1, 0.15) is 5.75 Å². The molecule has 1 unspecified atom stereocenters. The predicted molar refractivity (Wildman–Crippen MR) is 87.2 cm³/mol. The molecule has 0 aliphatic carbocycles. The monoisotopic (exact) mass is 310 g/mol.